The minimum Gasteiger partial charge on any atom is -0.327 e. The van der Waals surface area contributed by atoms with Crippen molar-refractivity contribution in [1.82, 2.24) is 4.90 Å². The van der Waals surface area contributed by atoms with E-state index in [9.17, 15) is 0 Å². The number of thioether (sulfide) groups is 1. The van der Waals surface area contributed by atoms with Gasteiger partial charge in [-0.25, -0.2) is 0 Å². The second kappa shape index (κ2) is 9.22. The van der Waals surface area contributed by atoms with Gasteiger partial charge in [-0.3, -0.25) is 0 Å². The predicted molar refractivity (Wildman–Crippen MR) is 84.2 cm³/mol. The van der Waals surface area contributed by atoms with Crippen LogP contribution in [0.1, 0.15) is 45.4 Å². The van der Waals surface area contributed by atoms with Crippen LogP contribution in [0.25, 0.3) is 0 Å². The van der Waals surface area contributed by atoms with Gasteiger partial charge in [0.2, 0.25) is 0 Å². The minimum atomic E-state index is 0.445. The molecule has 18 heavy (non-hydrogen) atoms. The lowest BCUT2D eigenvalue weighted by Gasteiger charge is -2.36. The highest BCUT2D eigenvalue weighted by atomic mass is 32.2. The largest absolute Gasteiger partial charge is 0.327 e. The van der Waals surface area contributed by atoms with Crippen LogP contribution in [0.5, 0.6) is 0 Å². The summed E-state index contributed by atoms with van der Waals surface area (Å²) in [6.07, 6.45) is 10.2. The highest BCUT2D eigenvalue weighted by Gasteiger charge is 2.28. The van der Waals surface area contributed by atoms with Gasteiger partial charge in [-0.1, -0.05) is 19.8 Å². The zero-order chi connectivity index (χ0) is 13.4. The number of rotatable bonds is 8. The maximum Gasteiger partial charge on any atom is 0.00795 e. The Morgan fingerprint density at radius 3 is 2.78 bits per heavy atom. The topological polar surface area (TPSA) is 29.3 Å². The third-order valence-corrected chi connectivity index (χ3v) is 4.98. The van der Waals surface area contributed by atoms with Gasteiger partial charge in [0.25, 0.3) is 0 Å². The molecule has 0 saturated heterocycles. The van der Waals surface area contributed by atoms with E-state index in [4.69, 9.17) is 5.73 Å². The predicted octanol–water partition coefficient (Wildman–Crippen LogP) is 3.22. The van der Waals surface area contributed by atoms with E-state index in [1.54, 1.807) is 0 Å². The average molecular weight is 273 g/mol. The zero-order valence-electron chi connectivity index (χ0n) is 12.5. The zero-order valence-corrected chi connectivity index (χ0v) is 13.3. The lowest BCUT2D eigenvalue weighted by molar-refractivity contribution is 0.169. The summed E-state index contributed by atoms with van der Waals surface area (Å²) < 4.78 is 0. The Morgan fingerprint density at radius 2 is 2.11 bits per heavy atom. The molecule has 1 aliphatic rings. The highest BCUT2D eigenvalue weighted by molar-refractivity contribution is 7.98. The Kier molecular flexibility index (Phi) is 8.36. The summed E-state index contributed by atoms with van der Waals surface area (Å²) >= 11 is 1.95. The molecule has 1 saturated carbocycles. The molecule has 2 N–H and O–H groups in total. The third kappa shape index (κ3) is 5.94. The van der Waals surface area contributed by atoms with E-state index >= 15 is 0 Å². The Labute approximate surface area is 118 Å². The molecule has 108 valence electrons. The van der Waals surface area contributed by atoms with Crippen LogP contribution >= 0.6 is 11.8 Å². The molecule has 3 heteroatoms. The summed E-state index contributed by atoms with van der Waals surface area (Å²) in [5.74, 6) is 2.95. The van der Waals surface area contributed by atoms with E-state index in [1.165, 1.54) is 57.4 Å². The second-order valence-corrected chi connectivity index (χ2v) is 6.99. The van der Waals surface area contributed by atoms with Crippen LogP contribution in [0.15, 0.2) is 0 Å². The van der Waals surface area contributed by atoms with Crippen LogP contribution in [0.2, 0.25) is 0 Å². The van der Waals surface area contributed by atoms with Crippen LogP contribution in [-0.4, -0.2) is 43.1 Å². The molecule has 0 bridgehead atoms. The first kappa shape index (κ1) is 16.3. The van der Waals surface area contributed by atoms with E-state index in [-0.39, 0.29) is 0 Å². The van der Waals surface area contributed by atoms with Gasteiger partial charge in [-0.15, -0.1) is 0 Å². The van der Waals surface area contributed by atoms with Gasteiger partial charge in [0.05, 0.1) is 0 Å². The van der Waals surface area contributed by atoms with Crippen molar-refractivity contribution in [2.75, 3.05) is 32.1 Å². The Morgan fingerprint density at radius 1 is 1.33 bits per heavy atom. The van der Waals surface area contributed by atoms with Gasteiger partial charge in [0.15, 0.2) is 0 Å². The third-order valence-electron chi connectivity index (χ3n) is 4.28. The fourth-order valence-electron chi connectivity index (χ4n) is 3.24. The van der Waals surface area contributed by atoms with E-state index in [0.717, 1.165) is 11.8 Å². The SMILES string of the molecule is CCCC1CCC(N)C(CN(C)CCCSC)C1. The molecule has 1 rings (SSSR count). The van der Waals surface area contributed by atoms with Gasteiger partial charge in [-0.2, -0.15) is 11.8 Å². The van der Waals surface area contributed by atoms with Crippen molar-refractivity contribution >= 4 is 11.8 Å². The van der Waals surface area contributed by atoms with Crippen molar-refractivity contribution < 1.29 is 0 Å². The number of hydrogen-bond donors (Lipinski definition) is 1. The summed E-state index contributed by atoms with van der Waals surface area (Å²) in [6, 6.07) is 0.445. The number of nitrogens with two attached hydrogens (primary N) is 1. The number of nitrogens with zero attached hydrogens (tertiary/aromatic N) is 1. The molecule has 0 aromatic heterocycles. The highest BCUT2D eigenvalue weighted by Crippen LogP contribution is 2.31. The van der Waals surface area contributed by atoms with Crippen molar-refractivity contribution in [3.8, 4) is 0 Å². The maximum absolute atomic E-state index is 6.31. The van der Waals surface area contributed by atoms with Crippen LogP contribution in [0, 0.1) is 11.8 Å². The summed E-state index contributed by atoms with van der Waals surface area (Å²) in [4.78, 5) is 2.50. The van der Waals surface area contributed by atoms with Crippen molar-refractivity contribution in [3.63, 3.8) is 0 Å². The van der Waals surface area contributed by atoms with Crippen molar-refractivity contribution in [2.24, 2.45) is 17.6 Å². The Balaban J connectivity index is 2.28. The van der Waals surface area contributed by atoms with E-state index in [1.807, 2.05) is 11.8 Å². The van der Waals surface area contributed by atoms with E-state index in [0.29, 0.717) is 6.04 Å². The first-order valence-electron chi connectivity index (χ1n) is 7.60. The summed E-state index contributed by atoms with van der Waals surface area (Å²) in [5.41, 5.74) is 6.31. The lowest BCUT2D eigenvalue weighted by Crippen LogP contribution is -2.42. The smallest absolute Gasteiger partial charge is 0.00795 e. The Hall–Kier alpha value is 0.270. The summed E-state index contributed by atoms with van der Waals surface area (Å²) in [6.45, 7) is 4.73. The molecule has 3 atom stereocenters. The summed E-state index contributed by atoms with van der Waals surface area (Å²) in [7, 11) is 2.26. The quantitative estimate of drug-likeness (QED) is 0.688. The van der Waals surface area contributed by atoms with E-state index in [2.05, 4.69) is 25.1 Å². The monoisotopic (exact) mass is 272 g/mol. The average Bonchev–Trinajstić information content (AvgIpc) is 2.34. The standard InChI is InChI=1S/C15H32N2S/c1-4-6-13-7-8-15(16)14(11-13)12-17(2)9-5-10-18-3/h13-15H,4-12,16H2,1-3H3. The number of hydrogen-bond acceptors (Lipinski definition) is 3. The van der Waals surface area contributed by atoms with Gasteiger partial charge in [0.1, 0.15) is 0 Å². The molecular formula is C15H32N2S. The molecular weight excluding hydrogens is 240 g/mol. The molecule has 3 unspecified atom stereocenters. The molecule has 2 nitrogen and oxygen atoms in total. The van der Waals surface area contributed by atoms with Crippen molar-refractivity contribution in [1.29, 1.82) is 0 Å². The molecule has 0 amide bonds. The van der Waals surface area contributed by atoms with Gasteiger partial charge in [-0.05, 0) is 63.1 Å². The normalized spacial score (nSPS) is 28.8. The van der Waals surface area contributed by atoms with Crippen LogP contribution < -0.4 is 5.73 Å². The van der Waals surface area contributed by atoms with Crippen molar-refractivity contribution in [3.05, 3.63) is 0 Å². The molecule has 0 aliphatic heterocycles. The van der Waals surface area contributed by atoms with Crippen LogP contribution in [0.4, 0.5) is 0 Å². The molecule has 1 fully saturated rings. The maximum atomic E-state index is 6.31. The molecule has 0 spiro atoms. The van der Waals surface area contributed by atoms with Crippen LogP contribution in [0.3, 0.4) is 0 Å². The lowest BCUT2D eigenvalue weighted by atomic mass is 9.76. The molecule has 1 aliphatic carbocycles. The van der Waals surface area contributed by atoms with Crippen LogP contribution in [-0.2, 0) is 0 Å². The second-order valence-electron chi connectivity index (χ2n) is 6.00. The molecule has 0 aromatic carbocycles. The molecule has 0 radical (unpaired) electrons. The van der Waals surface area contributed by atoms with Gasteiger partial charge in [0, 0.05) is 12.6 Å². The van der Waals surface area contributed by atoms with E-state index < -0.39 is 0 Å². The molecule has 0 heterocycles. The van der Waals surface area contributed by atoms with Gasteiger partial charge < -0.3 is 10.6 Å². The van der Waals surface area contributed by atoms with Gasteiger partial charge >= 0.3 is 0 Å². The fourth-order valence-corrected chi connectivity index (χ4v) is 3.65. The fraction of sp³-hybridized carbons (Fsp3) is 1.00. The minimum absolute atomic E-state index is 0.445. The molecule has 0 aromatic rings. The first-order valence-corrected chi connectivity index (χ1v) is 8.99. The first-order chi connectivity index (χ1) is 8.67. The van der Waals surface area contributed by atoms with Crippen molar-refractivity contribution in [2.45, 2.75) is 51.5 Å². The summed E-state index contributed by atoms with van der Waals surface area (Å²) in [5, 5.41) is 0. The Bertz CT molecular complexity index is 211.